The van der Waals surface area contributed by atoms with Crippen molar-refractivity contribution in [2.75, 3.05) is 13.2 Å². The van der Waals surface area contributed by atoms with E-state index in [1.54, 1.807) is 12.4 Å². The van der Waals surface area contributed by atoms with Gasteiger partial charge in [-0.15, -0.1) is 0 Å². The second-order valence-corrected chi connectivity index (χ2v) is 6.57. The summed E-state index contributed by atoms with van der Waals surface area (Å²) in [6.07, 6.45) is 10.5. The summed E-state index contributed by atoms with van der Waals surface area (Å²) >= 11 is 0. The van der Waals surface area contributed by atoms with Crippen molar-refractivity contribution in [3.63, 3.8) is 0 Å². The van der Waals surface area contributed by atoms with Crippen molar-refractivity contribution in [1.29, 1.82) is 0 Å². The molecule has 2 heterocycles. The molecule has 1 aliphatic carbocycles. The van der Waals surface area contributed by atoms with Crippen molar-refractivity contribution >= 4 is 6.03 Å². The van der Waals surface area contributed by atoms with E-state index in [4.69, 9.17) is 4.74 Å². The quantitative estimate of drug-likeness (QED) is 0.902. The van der Waals surface area contributed by atoms with Crippen LogP contribution in [-0.2, 0) is 11.3 Å². The highest BCUT2D eigenvalue weighted by Gasteiger charge is 2.36. The van der Waals surface area contributed by atoms with Gasteiger partial charge in [0.25, 0.3) is 0 Å². The average Bonchev–Trinajstić information content (AvgIpc) is 2.57. The SMILES string of the molecule is O=C(NCc1ccncc1)NC1CCC2(CCOCC2)CC1. The molecule has 22 heavy (non-hydrogen) atoms. The van der Waals surface area contributed by atoms with Crippen LogP contribution in [0.2, 0.25) is 0 Å². The van der Waals surface area contributed by atoms with Gasteiger partial charge in [0.2, 0.25) is 0 Å². The van der Waals surface area contributed by atoms with E-state index in [1.807, 2.05) is 12.1 Å². The highest BCUT2D eigenvalue weighted by Crippen LogP contribution is 2.43. The number of rotatable bonds is 3. The fourth-order valence-electron chi connectivity index (χ4n) is 3.60. The van der Waals surface area contributed by atoms with E-state index in [-0.39, 0.29) is 6.03 Å². The third kappa shape index (κ3) is 3.97. The van der Waals surface area contributed by atoms with Gasteiger partial charge in [0.1, 0.15) is 0 Å². The van der Waals surface area contributed by atoms with E-state index in [0.29, 0.717) is 18.0 Å². The fraction of sp³-hybridized carbons (Fsp3) is 0.647. The minimum Gasteiger partial charge on any atom is -0.381 e. The summed E-state index contributed by atoms with van der Waals surface area (Å²) in [6, 6.07) is 4.07. The number of nitrogens with zero attached hydrogens (tertiary/aromatic N) is 1. The first-order valence-electron chi connectivity index (χ1n) is 8.27. The van der Waals surface area contributed by atoms with Gasteiger partial charge >= 0.3 is 6.03 Å². The lowest BCUT2D eigenvalue weighted by molar-refractivity contribution is -0.00860. The number of hydrogen-bond donors (Lipinski definition) is 2. The van der Waals surface area contributed by atoms with E-state index < -0.39 is 0 Å². The van der Waals surface area contributed by atoms with Gasteiger partial charge in [-0.1, -0.05) is 0 Å². The average molecular weight is 303 g/mol. The molecule has 5 heteroatoms. The number of urea groups is 1. The van der Waals surface area contributed by atoms with E-state index in [2.05, 4.69) is 15.6 Å². The van der Waals surface area contributed by atoms with Crippen LogP contribution in [0.25, 0.3) is 0 Å². The number of ether oxygens (including phenoxy) is 1. The summed E-state index contributed by atoms with van der Waals surface area (Å²) in [5.74, 6) is 0. The Bertz CT molecular complexity index is 476. The molecule has 1 aliphatic heterocycles. The maximum absolute atomic E-state index is 12.0. The molecule has 2 fully saturated rings. The summed E-state index contributed by atoms with van der Waals surface area (Å²) in [6.45, 7) is 2.36. The van der Waals surface area contributed by atoms with E-state index in [0.717, 1.165) is 31.6 Å². The molecular formula is C17H25N3O2. The summed E-state index contributed by atoms with van der Waals surface area (Å²) < 4.78 is 5.48. The molecule has 3 rings (SSSR count). The first-order chi connectivity index (χ1) is 10.8. The summed E-state index contributed by atoms with van der Waals surface area (Å²) in [4.78, 5) is 16.0. The van der Waals surface area contributed by atoms with Gasteiger partial charge in [0.15, 0.2) is 0 Å². The van der Waals surface area contributed by atoms with Crippen LogP contribution in [0.5, 0.6) is 0 Å². The monoisotopic (exact) mass is 303 g/mol. The molecule has 1 aromatic rings. The molecule has 2 aliphatic rings. The van der Waals surface area contributed by atoms with Gasteiger partial charge in [-0.3, -0.25) is 4.98 Å². The molecule has 0 unspecified atom stereocenters. The van der Waals surface area contributed by atoms with Crippen LogP contribution in [0.15, 0.2) is 24.5 Å². The third-order valence-electron chi connectivity index (χ3n) is 5.14. The molecule has 1 spiro atoms. The Kier molecular flexibility index (Phi) is 4.93. The van der Waals surface area contributed by atoms with Gasteiger partial charge in [-0.25, -0.2) is 4.79 Å². The van der Waals surface area contributed by atoms with Crippen LogP contribution in [0.4, 0.5) is 4.79 Å². The largest absolute Gasteiger partial charge is 0.381 e. The topological polar surface area (TPSA) is 63.2 Å². The summed E-state index contributed by atoms with van der Waals surface area (Å²) in [5.41, 5.74) is 1.55. The highest BCUT2D eigenvalue weighted by atomic mass is 16.5. The molecule has 2 N–H and O–H groups in total. The van der Waals surface area contributed by atoms with Crippen LogP contribution >= 0.6 is 0 Å². The van der Waals surface area contributed by atoms with Crippen LogP contribution in [0.3, 0.4) is 0 Å². The van der Waals surface area contributed by atoms with Crippen LogP contribution < -0.4 is 10.6 Å². The summed E-state index contributed by atoms with van der Waals surface area (Å²) in [7, 11) is 0. The second-order valence-electron chi connectivity index (χ2n) is 6.57. The molecule has 2 amide bonds. The molecule has 0 aromatic carbocycles. The molecule has 120 valence electrons. The number of aromatic nitrogens is 1. The minimum absolute atomic E-state index is 0.0651. The lowest BCUT2D eigenvalue weighted by Gasteiger charge is -2.42. The van der Waals surface area contributed by atoms with Crippen LogP contribution in [0, 0.1) is 5.41 Å². The number of amides is 2. The molecular weight excluding hydrogens is 278 g/mol. The standard InChI is InChI=1S/C17H25N3O2/c21-16(19-13-14-3-9-18-10-4-14)20-15-1-5-17(6-2-15)7-11-22-12-8-17/h3-4,9-10,15H,1-2,5-8,11-13H2,(H2,19,20,21). The Morgan fingerprint density at radius 3 is 2.55 bits per heavy atom. The molecule has 0 atom stereocenters. The Morgan fingerprint density at radius 2 is 1.86 bits per heavy atom. The van der Waals surface area contributed by atoms with Crippen molar-refractivity contribution in [1.82, 2.24) is 15.6 Å². The number of hydrogen-bond acceptors (Lipinski definition) is 3. The zero-order valence-electron chi connectivity index (χ0n) is 13.0. The zero-order chi connectivity index (χ0) is 15.3. The lowest BCUT2D eigenvalue weighted by Crippen LogP contribution is -2.45. The first kappa shape index (κ1) is 15.3. The normalized spacial score (nSPS) is 21.5. The third-order valence-corrected chi connectivity index (χ3v) is 5.14. The van der Waals surface area contributed by atoms with Crippen molar-refractivity contribution in [2.24, 2.45) is 5.41 Å². The number of nitrogens with one attached hydrogen (secondary N) is 2. The lowest BCUT2D eigenvalue weighted by atomic mass is 9.68. The van der Waals surface area contributed by atoms with Crippen molar-refractivity contribution < 1.29 is 9.53 Å². The Morgan fingerprint density at radius 1 is 1.18 bits per heavy atom. The Labute approximate surface area is 131 Å². The number of carbonyl (C=O) groups excluding carboxylic acids is 1. The maximum atomic E-state index is 12.0. The van der Waals surface area contributed by atoms with Crippen molar-refractivity contribution in [2.45, 2.75) is 51.1 Å². The predicted molar refractivity (Wildman–Crippen MR) is 84.4 cm³/mol. The Balaban J connectivity index is 1.39. The number of pyridine rings is 1. The first-order valence-corrected chi connectivity index (χ1v) is 8.27. The van der Waals surface area contributed by atoms with E-state index >= 15 is 0 Å². The van der Waals surface area contributed by atoms with E-state index in [1.165, 1.54) is 25.7 Å². The van der Waals surface area contributed by atoms with Crippen molar-refractivity contribution in [3.05, 3.63) is 30.1 Å². The molecule has 5 nitrogen and oxygen atoms in total. The van der Waals surface area contributed by atoms with Gasteiger partial charge in [-0.05, 0) is 61.6 Å². The molecule has 1 saturated heterocycles. The second kappa shape index (κ2) is 7.09. The maximum Gasteiger partial charge on any atom is 0.315 e. The van der Waals surface area contributed by atoms with Gasteiger partial charge in [-0.2, -0.15) is 0 Å². The highest BCUT2D eigenvalue weighted by molar-refractivity contribution is 5.74. The minimum atomic E-state index is -0.0651. The smallest absolute Gasteiger partial charge is 0.315 e. The predicted octanol–water partition coefficient (Wildman–Crippen LogP) is 2.62. The molecule has 1 saturated carbocycles. The van der Waals surface area contributed by atoms with Gasteiger partial charge in [0.05, 0.1) is 0 Å². The molecule has 1 aromatic heterocycles. The van der Waals surface area contributed by atoms with Crippen LogP contribution in [-0.4, -0.2) is 30.3 Å². The van der Waals surface area contributed by atoms with Gasteiger partial charge < -0.3 is 15.4 Å². The number of carbonyl (C=O) groups is 1. The molecule has 0 radical (unpaired) electrons. The van der Waals surface area contributed by atoms with E-state index in [9.17, 15) is 4.79 Å². The fourth-order valence-corrected chi connectivity index (χ4v) is 3.60. The van der Waals surface area contributed by atoms with Crippen LogP contribution in [0.1, 0.15) is 44.1 Å². The zero-order valence-corrected chi connectivity index (χ0v) is 13.0. The Hall–Kier alpha value is -1.62. The van der Waals surface area contributed by atoms with Gasteiger partial charge in [0, 0.05) is 38.2 Å². The molecule has 0 bridgehead atoms. The van der Waals surface area contributed by atoms with Crippen molar-refractivity contribution in [3.8, 4) is 0 Å². The summed E-state index contributed by atoms with van der Waals surface area (Å²) in [5, 5.41) is 6.03.